The van der Waals surface area contributed by atoms with Gasteiger partial charge in [0.15, 0.2) is 0 Å². The molecule has 3 aliphatic heterocycles. The first kappa shape index (κ1) is 24.0. The highest BCUT2D eigenvalue weighted by molar-refractivity contribution is 5.85. The van der Waals surface area contributed by atoms with Gasteiger partial charge < -0.3 is 15.0 Å². The van der Waals surface area contributed by atoms with E-state index in [2.05, 4.69) is 22.0 Å². The Morgan fingerprint density at radius 2 is 1.81 bits per heavy atom. The van der Waals surface area contributed by atoms with E-state index >= 15 is 0 Å². The second kappa shape index (κ2) is 12.4. The Morgan fingerprint density at radius 3 is 2.50 bits per heavy atom. The Balaban J connectivity index is 0.00000169. The van der Waals surface area contributed by atoms with Crippen molar-refractivity contribution in [2.24, 2.45) is 17.8 Å². The van der Waals surface area contributed by atoms with Crippen molar-refractivity contribution in [3.63, 3.8) is 0 Å². The summed E-state index contributed by atoms with van der Waals surface area (Å²) in [4.78, 5) is 17.4. The van der Waals surface area contributed by atoms with Gasteiger partial charge in [0.2, 0.25) is 5.91 Å². The van der Waals surface area contributed by atoms with Crippen molar-refractivity contribution in [3.05, 3.63) is 0 Å². The second-order valence-corrected chi connectivity index (χ2v) is 8.03. The van der Waals surface area contributed by atoms with Crippen molar-refractivity contribution in [3.8, 4) is 0 Å². The van der Waals surface area contributed by atoms with Crippen LogP contribution in [0.15, 0.2) is 0 Å². The maximum atomic E-state index is 12.8. The van der Waals surface area contributed by atoms with Gasteiger partial charge in [-0.1, -0.05) is 6.92 Å². The summed E-state index contributed by atoms with van der Waals surface area (Å²) in [5, 5.41) is 3.42. The molecule has 0 bridgehead atoms. The van der Waals surface area contributed by atoms with E-state index in [-0.39, 0.29) is 24.8 Å². The smallest absolute Gasteiger partial charge is 0.222 e. The van der Waals surface area contributed by atoms with Gasteiger partial charge in [-0.25, -0.2) is 0 Å². The number of ether oxygens (including phenoxy) is 1. The summed E-state index contributed by atoms with van der Waals surface area (Å²) in [5.74, 6) is 2.30. The Morgan fingerprint density at radius 1 is 1.12 bits per heavy atom. The van der Waals surface area contributed by atoms with E-state index in [1.807, 2.05) is 0 Å². The van der Waals surface area contributed by atoms with Crippen LogP contribution >= 0.6 is 24.8 Å². The first-order chi connectivity index (χ1) is 11.7. The van der Waals surface area contributed by atoms with Crippen molar-refractivity contribution in [2.45, 2.75) is 39.0 Å². The van der Waals surface area contributed by atoms with Gasteiger partial charge in [-0.15, -0.1) is 24.8 Å². The van der Waals surface area contributed by atoms with E-state index < -0.39 is 0 Å². The molecular formula is C19H37Cl2N3O2. The lowest BCUT2D eigenvalue weighted by Crippen LogP contribution is -2.46. The van der Waals surface area contributed by atoms with Crippen LogP contribution in [-0.4, -0.2) is 74.7 Å². The minimum absolute atomic E-state index is 0. The summed E-state index contributed by atoms with van der Waals surface area (Å²) in [5.41, 5.74) is 0. The van der Waals surface area contributed by atoms with Crippen LogP contribution in [0.1, 0.15) is 39.0 Å². The van der Waals surface area contributed by atoms with Gasteiger partial charge in [0.05, 0.1) is 13.2 Å². The zero-order valence-corrected chi connectivity index (χ0v) is 17.8. The number of morpholine rings is 1. The van der Waals surface area contributed by atoms with Gasteiger partial charge in [-0.3, -0.25) is 9.69 Å². The molecule has 3 rings (SSSR count). The van der Waals surface area contributed by atoms with Crippen LogP contribution < -0.4 is 5.32 Å². The maximum absolute atomic E-state index is 12.8. The van der Waals surface area contributed by atoms with Gasteiger partial charge in [0.25, 0.3) is 0 Å². The zero-order valence-electron chi connectivity index (χ0n) is 16.2. The fraction of sp³-hybridized carbons (Fsp3) is 0.947. The summed E-state index contributed by atoms with van der Waals surface area (Å²) >= 11 is 0. The third kappa shape index (κ3) is 7.16. The van der Waals surface area contributed by atoms with Crippen LogP contribution in [0.3, 0.4) is 0 Å². The quantitative estimate of drug-likeness (QED) is 0.756. The minimum atomic E-state index is 0. The largest absolute Gasteiger partial charge is 0.379 e. The standard InChI is InChI=1S/C19H35N3O2.2ClH/c1-16(18-4-6-20-7-5-18)13-19(23)22-8-2-3-17(15-22)14-21-9-11-24-12-10-21;;/h16-18,20H,2-15H2,1H3;2*1H. The third-order valence-electron chi connectivity index (χ3n) is 6.18. The van der Waals surface area contributed by atoms with Crippen LogP contribution in [0.2, 0.25) is 0 Å². The molecule has 3 saturated heterocycles. The van der Waals surface area contributed by atoms with Crippen molar-refractivity contribution in [1.82, 2.24) is 15.1 Å². The second-order valence-electron chi connectivity index (χ2n) is 8.03. The highest BCUT2D eigenvalue weighted by Crippen LogP contribution is 2.26. The van der Waals surface area contributed by atoms with Gasteiger partial charge in [0, 0.05) is 39.1 Å². The summed E-state index contributed by atoms with van der Waals surface area (Å²) in [7, 11) is 0. The van der Waals surface area contributed by atoms with Gasteiger partial charge in [-0.05, 0) is 56.5 Å². The number of carbonyl (C=O) groups excluding carboxylic acids is 1. The highest BCUT2D eigenvalue weighted by Gasteiger charge is 2.28. The molecular weight excluding hydrogens is 373 g/mol. The molecule has 154 valence electrons. The van der Waals surface area contributed by atoms with Crippen LogP contribution in [-0.2, 0) is 9.53 Å². The van der Waals surface area contributed by atoms with Gasteiger partial charge in [-0.2, -0.15) is 0 Å². The molecule has 1 amide bonds. The summed E-state index contributed by atoms with van der Waals surface area (Å²) < 4.78 is 5.44. The molecule has 0 radical (unpaired) electrons. The molecule has 0 aliphatic carbocycles. The van der Waals surface area contributed by atoms with Gasteiger partial charge >= 0.3 is 0 Å². The lowest BCUT2D eigenvalue weighted by atomic mass is 9.83. The third-order valence-corrected chi connectivity index (χ3v) is 6.18. The van der Waals surface area contributed by atoms with Gasteiger partial charge in [0.1, 0.15) is 0 Å². The number of hydrogen-bond donors (Lipinski definition) is 1. The van der Waals surface area contributed by atoms with E-state index in [0.29, 0.717) is 17.7 Å². The number of nitrogens with one attached hydrogen (secondary N) is 1. The monoisotopic (exact) mass is 409 g/mol. The number of nitrogens with zero attached hydrogens (tertiary/aromatic N) is 2. The summed E-state index contributed by atoms with van der Waals surface area (Å²) in [6, 6.07) is 0. The van der Waals surface area contributed by atoms with E-state index in [9.17, 15) is 4.79 Å². The maximum Gasteiger partial charge on any atom is 0.222 e. The highest BCUT2D eigenvalue weighted by atomic mass is 35.5. The van der Waals surface area contributed by atoms with E-state index in [0.717, 1.165) is 71.4 Å². The Bertz CT molecular complexity index is 402. The zero-order chi connectivity index (χ0) is 16.8. The number of amides is 1. The Kier molecular flexibility index (Phi) is 11.4. The fourth-order valence-electron chi connectivity index (χ4n) is 4.57. The molecule has 0 aromatic heterocycles. The van der Waals surface area contributed by atoms with E-state index in [4.69, 9.17) is 4.74 Å². The van der Waals surface area contributed by atoms with Crippen molar-refractivity contribution in [2.75, 3.05) is 59.0 Å². The number of likely N-dealkylation sites (tertiary alicyclic amines) is 1. The van der Waals surface area contributed by atoms with Crippen molar-refractivity contribution >= 4 is 30.7 Å². The molecule has 2 unspecified atom stereocenters. The molecule has 7 heteroatoms. The molecule has 3 fully saturated rings. The molecule has 0 spiro atoms. The lowest BCUT2D eigenvalue weighted by molar-refractivity contribution is -0.134. The lowest BCUT2D eigenvalue weighted by Gasteiger charge is -2.37. The molecule has 3 heterocycles. The minimum Gasteiger partial charge on any atom is -0.379 e. The van der Waals surface area contributed by atoms with Crippen molar-refractivity contribution in [1.29, 1.82) is 0 Å². The summed E-state index contributed by atoms with van der Waals surface area (Å²) in [6.45, 7) is 11.4. The van der Waals surface area contributed by atoms with Crippen LogP contribution in [0.4, 0.5) is 0 Å². The normalized spacial score (nSPS) is 26.5. The van der Waals surface area contributed by atoms with E-state index in [1.165, 1.54) is 25.7 Å². The predicted octanol–water partition coefficient (Wildman–Crippen LogP) is 2.43. The number of rotatable bonds is 5. The average Bonchev–Trinajstić information content (AvgIpc) is 2.63. The van der Waals surface area contributed by atoms with Crippen LogP contribution in [0, 0.1) is 17.8 Å². The van der Waals surface area contributed by atoms with Crippen molar-refractivity contribution < 1.29 is 9.53 Å². The number of piperidine rings is 2. The fourth-order valence-corrected chi connectivity index (χ4v) is 4.57. The predicted molar refractivity (Wildman–Crippen MR) is 110 cm³/mol. The molecule has 5 nitrogen and oxygen atoms in total. The Labute approximate surface area is 171 Å². The average molecular weight is 410 g/mol. The molecule has 2 atom stereocenters. The number of carbonyl (C=O) groups is 1. The van der Waals surface area contributed by atoms with E-state index in [1.54, 1.807) is 0 Å². The molecule has 0 aromatic carbocycles. The number of halogens is 2. The topological polar surface area (TPSA) is 44.8 Å². The van der Waals surface area contributed by atoms with Crippen LogP contribution in [0.25, 0.3) is 0 Å². The first-order valence-electron chi connectivity index (χ1n) is 10.0. The molecule has 26 heavy (non-hydrogen) atoms. The van der Waals surface area contributed by atoms with Crippen LogP contribution in [0.5, 0.6) is 0 Å². The summed E-state index contributed by atoms with van der Waals surface area (Å²) in [6.07, 6.45) is 5.64. The molecule has 0 aromatic rings. The molecule has 1 N–H and O–H groups in total. The molecule has 3 aliphatic rings. The number of hydrogen-bond acceptors (Lipinski definition) is 4. The Hall–Kier alpha value is -0.0700. The first-order valence-corrected chi connectivity index (χ1v) is 10.0. The SMILES string of the molecule is CC(CC(=O)N1CCCC(CN2CCOCC2)C1)C1CCNCC1.Cl.Cl. The molecule has 0 saturated carbocycles.